The van der Waals surface area contributed by atoms with Crippen LogP contribution in [-0.2, 0) is 0 Å². The summed E-state index contributed by atoms with van der Waals surface area (Å²) in [6.45, 7) is 2.50. The SMILES string of the molecule is CCOc1ccc(C(=O)Nc2nc3c(OC)ccc(OC)c3s2)cc1. The molecule has 0 bridgehead atoms. The smallest absolute Gasteiger partial charge is 0.257 e. The molecule has 0 saturated carbocycles. The fourth-order valence-electron chi connectivity index (χ4n) is 2.38. The minimum absolute atomic E-state index is 0.236. The van der Waals surface area contributed by atoms with Gasteiger partial charge in [-0.15, -0.1) is 0 Å². The zero-order chi connectivity index (χ0) is 17.8. The first-order chi connectivity index (χ1) is 12.2. The molecule has 0 aliphatic rings. The van der Waals surface area contributed by atoms with E-state index in [1.807, 2.05) is 13.0 Å². The van der Waals surface area contributed by atoms with Gasteiger partial charge in [0.15, 0.2) is 5.13 Å². The van der Waals surface area contributed by atoms with Gasteiger partial charge < -0.3 is 14.2 Å². The van der Waals surface area contributed by atoms with Gasteiger partial charge in [-0.1, -0.05) is 11.3 Å². The zero-order valence-electron chi connectivity index (χ0n) is 14.2. The summed E-state index contributed by atoms with van der Waals surface area (Å²) < 4.78 is 16.9. The summed E-state index contributed by atoms with van der Waals surface area (Å²) in [5.74, 6) is 1.82. The van der Waals surface area contributed by atoms with E-state index in [1.165, 1.54) is 11.3 Å². The number of carbonyl (C=O) groups is 1. The van der Waals surface area contributed by atoms with Gasteiger partial charge in [-0.2, -0.15) is 0 Å². The highest BCUT2D eigenvalue weighted by Crippen LogP contribution is 2.38. The summed E-state index contributed by atoms with van der Waals surface area (Å²) in [4.78, 5) is 16.9. The zero-order valence-corrected chi connectivity index (χ0v) is 15.0. The van der Waals surface area contributed by atoms with Crippen LogP contribution in [0.5, 0.6) is 17.2 Å². The van der Waals surface area contributed by atoms with E-state index in [-0.39, 0.29) is 5.91 Å². The van der Waals surface area contributed by atoms with Gasteiger partial charge in [-0.05, 0) is 43.3 Å². The molecule has 1 amide bonds. The molecule has 1 N–H and O–H groups in total. The Morgan fingerprint density at radius 2 is 1.76 bits per heavy atom. The molecule has 130 valence electrons. The van der Waals surface area contributed by atoms with Gasteiger partial charge in [-0.3, -0.25) is 10.1 Å². The summed E-state index contributed by atoms with van der Waals surface area (Å²) in [6.07, 6.45) is 0. The Morgan fingerprint density at radius 1 is 1.08 bits per heavy atom. The van der Waals surface area contributed by atoms with Crippen molar-refractivity contribution in [3.05, 3.63) is 42.0 Å². The molecule has 0 spiro atoms. The van der Waals surface area contributed by atoms with Crippen molar-refractivity contribution in [1.29, 1.82) is 0 Å². The van der Waals surface area contributed by atoms with E-state index in [4.69, 9.17) is 14.2 Å². The molecular formula is C18H18N2O4S. The minimum atomic E-state index is -0.236. The van der Waals surface area contributed by atoms with Gasteiger partial charge in [0, 0.05) is 5.56 Å². The predicted molar refractivity (Wildman–Crippen MR) is 98.3 cm³/mol. The summed E-state index contributed by atoms with van der Waals surface area (Å²) in [5, 5.41) is 3.30. The second kappa shape index (κ2) is 7.40. The molecule has 3 aromatic rings. The third-order valence-corrected chi connectivity index (χ3v) is 4.54. The molecule has 1 heterocycles. The number of benzene rings is 2. The van der Waals surface area contributed by atoms with Crippen LogP contribution >= 0.6 is 11.3 Å². The predicted octanol–water partition coefficient (Wildman–Crippen LogP) is 3.96. The van der Waals surface area contributed by atoms with Crippen molar-refractivity contribution in [1.82, 2.24) is 4.98 Å². The van der Waals surface area contributed by atoms with Gasteiger partial charge in [0.1, 0.15) is 27.5 Å². The first-order valence-electron chi connectivity index (χ1n) is 7.72. The number of carbonyl (C=O) groups excluding carboxylic acids is 1. The van der Waals surface area contributed by atoms with Crippen LogP contribution in [0, 0.1) is 0 Å². The Bertz CT molecular complexity index is 849. The van der Waals surface area contributed by atoms with Crippen molar-refractivity contribution in [2.75, 3.05) is 26.1 Å². The topological polar surface area (TPSA) is 69.7 Å². The fraction of sp³-hybridized carbons (Fsp3) is 0.222. The lowest BCUT2D eigenvalue weighted by molar-refractivity contribution is 0.102. The molecule has 1 aromatic heterocycles. The lowest BCUT2D eigenvalue weighted by atomic mass is 10.2. The third-order valence-electron chi connectivity index (χ3n) is 3.56. The van der Waals surface area contributed by atoms with Crippen LogP contribution in [0.25, 0.3) is 10.2 Å². The normalized spacial score (nSPS) is 10.5. The number of thiazole rings is 1. The Kier molecular flexibility index (Phi) is 5.04. The number of anilines is 1. The molecule has 0 fully saturated rings. The molecule has 3 rings (SSSR count). The fourth-order valence-corrected chi connectivity index (χ4v) is 3.35. The Hall–Kier alpha value is -2.80. The van der Waals surface area contributed by atoms with Crippen LogP contribution in [0.1, 0.15) is 17.3 Å². The highest BCUT2D eigenvalue weighted by atomic mass is 32.1. The van der Waals surface area contributed by atoms with E-state index in [2.05, 4.69) is 10.3 Å². The maximum atomic E-state index is 12.4. The number of hydrogen-bond acceptors (Lipinski definition) is 6. The number of hydrogen-bond donors (Lipinski definition) is 1. The molecule has 25 heavy (non-hydrogen) atoms. The number of nitrogens with one attached hydrogen (secondary N) is 1. The van der Waals surface area contributed by atoms with Crippen LogP contribution in [0.3, 0.4) is 0 Å². The van der Waals surface area contributed by atoms with Crippen LogP contribution in [-0.4, -0.2) is 31.7 Å². The third kappa shape index (κ3) is 3.51. The van der Waals surface area contributed by atoms with Crippen LogP contribution < -0.4 is 19.5 Å². The van der Waals surface area contributed by atoms with Gasteiger partial charge in [0.25, 0.3) is 5.91 Å². The molecule has 7 heteroatoms. The second-order valence-corrected chi connectivity index (χ2v) is 6.08. The van der Waals surface area contributed by atoms with Gasteiger partial charge in [-0.25, -0.2) is 4.98 Å². The molecule has 0 atom stereocenters. The lowest BCUT2D eigenvalue weighted by Crippen LogP contribution is -2.11. The number of aromatic nitrogens is 1. The number of amides is 1. The second-order valence-electron chi connectivity index (χ2n) is 5.08. The highest BCUT2D eigenvalue weighted by Gasteiger charge is 2.15. The maximum Gasteiger partial charge on any atom is 0.257 e. The van der Waals surface area contributed by atoms with Crippen LogP contribution in [0.2, 0.25) is 0 Å². The highest BCUT2D eigenvalue weighted by molar-refractivity contribution is 7.22. The molecule has 0 aliphatic carbocycles. The van der Waals surface area contributed by atoms with Crippen molar-refractivity contribution in [2.45, 2.75) is 6.92 Å². The molecule has 0 radical (unpaired) electrons. The maximum absolute atomic E-state index is 12.4. The Morgan fingerprint density at radius 3 is 2.40 bits per heavy atom. The largest absolute Gasteiger partial charge is 0.495 e. The average molecular weight is 358 g/mol. The minimum Gasteiger partial charge on any atom is -0.495 e. The van der Waals surface area contributed by atoms with E-state index in [0.717, 1.165) is 10.4 Å². The molecule has 2 aromatic carbocycles. The quantitative estimate of drug-likeness (QED) is 0.722. The molecule has 0 unspecified atom stereocenters. The standard InChI is InChI=1S/C18H18N2O4S/c1-4-24-12-7-5-11(6-8-12)17(21)20-18-19-15-13(22-2)9-10-14(23-3)16(15)25-18/h5-10H,4H2,1-3H3,(H,19,20,21). The molecule has 0 aliphatic heterocycles. The number of rotatable bonds is 6. The first kappa shape index (κ1) is 17.0. The van der Waals surface area contributed by atoms with Crippen LogP contribution in [0.4, 0.5) is 5.13 Å². The van der Waals surface area contributed by atoms with E-state index in [9.17, 15) is 4.79 Å². The molecule has 0 saturated heterocycles. The summed E-state index contributed by atoms with van der Waals surface area (Å²) in [6, 6.07) is 10.6. The Balaban J connectivity index is 1.85. The lowest BCUT2D eigenvalue weighted by Gasteiger charge is -2.04. The number of fused-ring (bicyclic) bond motifs is 1. The number of methoxy groups -OCH3 is 2. The summed E-state index contributed by atoms with van der Waals surface area (Å²) in [7, 11) is 3.18. The summed E-state index contributed by atoms with van der Waals surface area (Å²) in [5.41, 5.74) is 1.19. The molecular weight excluding hydrogens is 340 g/mol. The number of nitrogens with zero attached hydrogens (tertiary/aromatic N) is 1. The van der Waals surface area contributed by atoms with E-state index in [1.54, 1.807) is 44.6 Å². The van der Waals surface area contributed by atoms with Crippen molar-refractivity contribution < 1.29 is 19.0 Å². The van der Waals surface area contributed by atoms with E-state index < -0.39 is 0 Å². The summed E-state index contributed by atoms with van der Waals surface area (Å²) >= 11 is 1.34. The van der Waals surface area contributed by atoms with E-state index in [0.29, 0.717) is 34.3 Å². The Labute approximate surface area is 149 Å². The van der Waals surface area contributed by atoms with Crippen molar-refractivity contribution in [3.8, 4) is 17.2 Å². The van der Waals surface area contributed by atoms with Gasteiger partial charge in [0.05, 0.1) is 20.8 Å². The average Bonchev–Trinajstić information content (AvgIpc) is 3.05. The first-order valence-corrected chi connectivity index (χ1v) is 8.53. The number of ether oxygens (including phenoxy) is 3. The van der Waals surface area contributed by atoms with Gasteiger partial charge >= 0.3 is 0 Å². The van der Waals surface area contributed by atoms with E-state index >= 15 is 0 Å². The van der Waals surface area contributed by atoms with Crippen molar-refractivity contribution >= 4 is 32.6 Å². The van der Waals surface area contributed by atoms with Gasteiger partial charge in [0.2, 0.25) is 0 Å². The van der Waals surface area contributed by atoms with Crippen LogP contribution in [0.15, 0.2) is 36.4 Å². The van der Waals surface area contributed by atoms with Crippen molar-refractivity contribution in [3.63, 3.8) is 0 Å². The van der Waals surface area contributed by atoms with Crippen molar-refractivity contribution in [2.24, 2.45) is 0 Å². The molecule has 6 nitrogen and oxygen atoms in total. The monoisotopic (exact) mass is 358 g/mol.